The molecule has 16 heavy (non-hydrogen) atoms. The van der Waals surface area contributed by atoms with E-state index in [0.717, 1.165) is 0 Å². The highest BCUT2D eigenvalue weighted by Crippen LogP contribution is 2.23. The summed E-state index contributed by atoms with van der Waals surface area (Å²) < 4.78 is 20.1. The second-order valence-electron chi connectivity index (χ2n) is 3.13. The molecule has 1 heterocycles. The van der Waals surface area contributed by atoms with Crippen LogP contribution in [-0.4, -0.2) is 22.6 Å². The highest BCUT2D eigenvalue weighted by molar-refractivity contribution is 7.92. The summed E-state index contributed by atoms with van der Waals surface area (Å²) in [5.74, 6) is 0.549. The average molecular weight is 260 g/mol. The first-order valence-corrected chi connectivity index (χ1v) is 6.72. The third-order valence-corrected chi connectivity index (χ3v) is 3.37. The third kappa shape index (κ3) is 3.36. The second-order valence-corrected chi connectivity index (χ2v) is 5.88. The van der Waals surface area contributed by atoms with E-state index in [2.05, 4.69) is 9.35 Å². The normalized spacial score (nSPS) is 13.6. The third-order valence-electron chi connectivity index (χ3n) is 1.75. The molecule has 0 saturated carbocycles. The molecule has 0 aliphatic heterocycles. The van der Waals surface area contributed by atoms with Crippen LogP contribution >= 0.6 is 11.6 Å². The monoisotopic (exact) mass is 259 g/mol. The molecule has 1 unspecified atom stereocenters. The largest absolute Gasteiger partial charge is 0.494 e. The summed E-state index contributed by atoms with van der Waals surface area (Å²) in [5, 5.41) is 8.61. The quantitative estimate of drug-likeness (QED) is 0.613. The summed E-state index contributed by atoms with van der Waals surface area (Å²) in [6, 6.07) is 1.63. The molecule has 0 aromatic carbocycles. The Labute approximate surface area is 99.2 Å². The summed E-state index contributed by atoms with van der Waals surface area (Å²) in [4.78, 5) is 3.88. The Kier molecular flexibility index (Phi) is 4.10. The summed E-state index contributed by atoms with van der Waals surface area (Å²) in [6.45, 7) is 0. The van der Waals surface area contributed by atoms with Crippen molar-refractivity contribution in [1.82, 2.24) is 4.98 Å². The minimum Gasteiger partial charge on any atom is -0.494 e. The van der Waals surface area contributed by atoms with Gasteiger partial charge in [-0.25, -0.2) is 9.19 Å². The lowest BCUT2D eigenvalue weighted by molar-refractivity contribution is 0.412. The fraction of sp³-hybridized carbons (Fsp3) is 0.333. The summed E-state index contributed by atoms with van der Waals surface area (Å²) in [7, 11) is -1.08. The Bertz CT molecular complexity index is 544. The maximum atomic E-state index is 11.7. The molecule has 1 aromatic rings. The molecule has 7 heteroatoms. The molecule has 0 radical (unpaired) electrons. The van der Waals surface area contributed by atoms with Crippen LogP contribution in [0, 0.1) is 11.5 Å². The molecule has 86 valence electrons. The average Bonchev–Trinajstić information content (AvgIpc) is 2.20. The van der Waals surface area contributed by atoms with Gasteiger partial charge in [0.25, 0.3) is 0 Å². The van der Waals surface area contributed by atoms with Crippen LogP contribution in [0.5, 0.6) is 5.75 Å². The van der Waals surface area contributed by atoms with Gasteiger partial charge in [-0.3, -0.25) is 0 Å². The van der Waals surface area contributed by atoms with Crippen molar-refractivity contribution in [2.45, 2.75) is 5.75 Å². The Hall–Kier alpha value is -1.32. The van der Waals surface area contributed by atoms with Crippen LogP contribution in [0.1, 0.15) is 5.56 Å². The van der Waals surface area contributed by atoms with Crippen LogP contribution < -0.4 is 4.74 Å². The topological polar surface area (TPSA) is 75.3 Å². The zero-order valence-corrected chi connectivity index (χ0v) is 10.4. The van der Waals surface area contributed by atoms with Crippen LogP contribution in [0.3, 0.4) is 0 Å². The zero-order chi connectivity index (χ0) is 12.2. The van der Waals surface area contributed by atoms with Crippen LogP contribution in [0.25, 0.3) is 0 Å². The van der Waals surface area contributed by atoms with Gasteiger partial charge in [-0.2, -0.15) is 5.26 Å². The highest BCUT2D eigenvalue weighted by Gasteiger charge is 2.08. The number of pyridine rings is 1. The number of hydrogen-bond acceptors (Lipinski definition) is 5. The van der Waals surface area contributed by atoms with Crippen molar-refractivity contribution in [3.05, 3.63) is 23.0 Å². The number of nitriles is 1. The Morgan fingerprint density at radius 3 is 3.00 bits per heavy atom. The Morgan fingerprint density at radius 2 is 2.44 bits per heavy atom. The van der Waals surface area contributed by atoms with Gasteiger partial charge >= 0.3 is 0 Å². The van der Waals surface area contributed by atoms with E-state index in [-0.39, 0.29) is 10.9 Å². The zero-order valence-electron chi connectivity index (χ0n) is 8.81. The molecule has 5 nitrogen and oxygen atoms in total. The van der Waals surface area contributed by atoms with Gasteiger partial charge in [0.1, 0.15) is 0 Å². The first-order valence-electron chi connectivity index (χ1n) is 4.25. The van der Waals surface area contributed by atoms with Crippen molar-refractivity contribution in [2.75, 3.05) is 13.4 Å². The fourth-order valence-electron chi connectivity index (χ4n) is 1.12. The molecule has 0 aliphatic rings. The smallest absolute Gasteiger partial charge is 0.214 e. The Balaban J connectivity index is 3.05. The van der Waals surface area contributed by atoms with Crippen molar-refractivity contribution in [3.8, 4) is 11.9 Å². The number of methoxy groups -OCH3 is 1. The van der Waals surface area contributed by atoms with Gasteiger partial charge in [0, 0.05) is 12.5 Å². The molecule has 0 bridgehead atoms. The predicted molar refractivity (Wildman–Crippen MR) is 61.6 cm³/mol. The molecular formula is C9H10ClN3O2S. The standard InChI is InChI=1S/C9H10ClN3O2S/c1-15-8-3-7(4-12-9(8)10)5-16(2,14)13-6-11/h3-4H,5H2,1-2H3. The minimum absolute atomic E-state index is 0.140. The SMILES string of the molecule is COc1cc(CS(C)(=O)=NC#N)cnc1Cl. The van der Waals surface area contributed by atoms with Crippen LogP contribution in [0.2, 0.25) is 5.15 Å². The molecule has 1 aromatic heterocycles. The highest BCUT2D eigenvalue weighted by atomic mass is 35.5. The first kappa shape index (κ1) is 12.7. The first-order chi connectivity index (χ1) is 7.48. The van der Waals surface area contributed by atoms with Gasteiger partial charge in [0.15, 0.2) is 10.9 Å². The number of nitrogens with zero attached hydrogens (tertiary/aromatic N) is 3. The lowest BCUT2D eigenvalue weighted by atomic mass is 10.3. The maximum absolute atomic E-state index is 11.7. The number of halogens is 1. The molecule has 0 spiro atoms. The van der Waals surface area contributed by atoms with Crippen LogP contribution in [0.4, 0.5) is 0 Å². The fourth-order valence-corrected chi connectivity index (χ4v) is 2.31. The lowest BCUT2D eigenvalue weighted by Crippen LogP contribution is -2.01. The van der Waals surface area contributed by atoms with Crippen LogP contribution in [0.15, 0.2) is 16.6 Å². The van der Waals surface area contributed by atoms with Gasteiger partial charge < -0.3 is 4.74 Å². The van der Waals surface area contributed by atoms with Gasteiger partial charge in [-0.15, -0.1) is 4.36 Å². The molecular weight excluding hydrogens is 250 g/mol. The van der Waals surface area contributed by atoms with Crippen molar-refractivity contribution < 1.29 is 8.95 Å². The van der Waals surface area contributed by atoms with E-state index >= 15 is 0 Å². The minimum atomic E-state index is -2.55. The summed E-state index contributed by atoms with van der Waals surface area (Å²) in [6.07, 6.45) is 4.44. The molecule has 0 saturated heterocycles. The number of hydrogen-bond donors (Lipinski definition) is 0. The number of aromatic nitrogens is 1. The van der Waals surface area contributed by atoms with Gasteiger partial charge in [-0.05, 0) is 11.6 Å². The van der Waals surface area contributed by atoms with Crippen molar-refractivity contribution in [1.29, 1.82) is 5.26 Å². The van der Waals surface area contributed by atoms with E-state index in [1.54, 1.807) is 12.3 Å². The second kappa shape index (κ2) is 5.14. The maximum Gasteiger partial charge on any atom is 0.214 e. The van der Waals surface area contributed by atoms with Crippen molar-refractivity contribution >= 4 is 21.3 Å². The van der Waals surface area contributed by atoms with Crippen molar-refractivity contribution in [3.63, 3.8) is 0 Å². The molecule has 1 rings (SSSR count). The molecule has 0 amide bonds. The number of rotatable bonds is 3. The number of ether oxygens (including phenoxy) is 1. The van der Waals surface area contributed by atoms with Crippen LogP contribution in [-0.2, 0) is 15.5 Å². The lowest BCUT2D eigenvalue weighted by Gasteiger charge is -2.05. The summed E-state index contributed by atoms with van der Waals surface area (Å²) >= 11 is 5.75. The molecule has 0 fully saturated rings. The van der Waals surface area contributed by atoms with E-state index in [4.69, 9.17) is 21.6 Å². The Morgan fingerprint density at radius 1 is 1.75 bits per heavy atom. The molecule has 0 aliphatic carbocycles. The van der Waals surface area contributed by atoms with Gasteiger partial charge in [0.2, 0.25) is 6.19 Å². The van der Waals surface area contributed by atoms with E-state index < -0.39 is 9.73 Å². The predicted octanol–water partition coefficient (Wildman–Crippen LogP) is 1.82. The van der Waals surface area contributed by atoms with Gasteiger partial charge in [0.05, 0.1) is 22.6 Å². The molecule has 1 atom stereocenters. The van der Waals surface area contributed by atoms with E-state index in [0.29, 0.717) is 11.3 Å². The van der Waals surface area contributed by atoms with Crippen molar-refractivity contribution in [2.24, 2.45) is 4.36 Å². The van der Waals surface area contributed by atoms with E-state index in [9.17, 15) is 4.21 Å². The van der Waals surface area contributed by atoms with E-state index in [1.807, 2.05) is 0 Å². The summed E-state index contributed by atoms with van der Waals surface area (Å²) in [5.41, 5.74) is 0.660. The van der Waals surface area contributed by atoms with E-state index in [1.165, 1.54) is 19.6 Å². The van der Waals surface area contributed by atoms with Gasteiger partial charge in [-0.1, -0.05) is 11.6 Å². The molecule has 0 N–H and O–H groups in total.